The van der Waals surface area contributed by atoms with E-state index in [1.54, 1.807) is 18.7 Å². The number of hydrogen-bond donors (Lipinski definition) is 1. The third-order valence-electron chi connectivity index (χ3n) is 6.42. The van der Waals surface area contributed by atoms with Crippen molar-refractivity contribution in [1.82, 2.24) is 18.6 Å². The summed E-state index contributed by atoms with van der Waals surface area (Å²) in [6.07, 6.45) is 0. The van der Waals surface area contributed by atoms with Gasteiger partial charge in [0, 0.05) is 38.8 Å². The number of aromatic nitrogens is 2. The number of nitrogens with zero attached hydrogens (tertiary/aromatic N) is 4. The van der Waals surface area contributed by atoms with E-state index in [-0.39, 0.29) is 47.5 Å². The Morgan fingerprint density at radius 1 is 0.944 bits per heavy atom. The summed E-state index contributed by atoms with van der Waals surface area (Å²) in [5.74, 6) is -0.465. The highest BCUT2D eigenvalue weighted by molar-refractivity contribution is 7.89. The van der Waals surface area contributed by atoms with Gasteiger partial charge in [-0.2, -0.15) is 4.31 Å². The van der Waals surface area contributed by atoms with Gasteiger partial charge in [0.25, 0.3) is 5.56 Å². The second-order valence-corrected chi connectivity index (χ2v) is 10.7. The van der Waals surface area contributed by atoms with Crippen LogP contribution in [-0.4, -0.2) is 71.4 Å². The molecule has 190 valence electrons. The molecule has 0 radical (unpaired) electrons. The molecule has 1 saturated heterocycles. The van der Waals surface area contributed by atoms with Gasteiger partial charge in [0.15, 0.2) is 5.78 Å². The number of ketones is 1. The molecular weight excluding hydrogens is 482 g/mol. The molecule has 0 aliphatic carbocycles. The molecule has 1 N–H and O–H groups in total. The maximum Gasteiger partial charge on any atom is 0.295 e. The van der Waals surface area contributed by atoms with Crippen LogP contribution in [0.3, 0.4) is 0 Å². The van der Waals surface area contributed by atoms with Crippen molar-refractivity contribution in [1.29, 1.82) is 0 Å². The Morgan fingerprint density at radius 3 is 2.14 bits per heavy atom. The predicted octanol–water partition coefficient (Wildman–Crippen LogP) is 1.63. The Morgan fingerprint density at radius 2 is 1.56 bits per heavy atom. The second kappa shape index (κ2) is 10.2. The van der Waals surface area contributed by atoms with Crippen molar-refractivity contribution >= 4 is 27.4 Å². The Kier molecular flexibility index (Phi) is 7.25. The van der Waals surface area contributed by atoms with E-state index in [0.29, 0.717) is 30.0 Å². The van der Waals surface area contributed by atoms with E-state index in [1.165, 1.54) is 40.2 Å². The van der Waals surface area contributed by atoms with Crippen molar-refractivity contribution < 1.29 is 18.0 Å². The van der Waals surface area contributed by atoms with Gasteiger partial charge in [-0.15, -0.1) is 0 Å². The number of rotatable bonds is 7. The maximum absolute atomic E-state index is 13.0. The normalized spacial score (nSPS) is 15.1. The molecule has 1 aromatic heterocycles. The minimum Gasteiger partial charge on any atom is -0.319 e. The summed E-state index contributed by atoms with van der Waals surface area (Å²) < 4.78 is 30.5. The largest absolute Gasteiger partial charge is 0.319 e. The standard InChI is InChI=1S/C25H29N5O5S/c1-18-24(25(33)30(27(18)3)21-7-5-4-6-8-21)26-23(32)17-28-13-15-29(16-14-28)36(34,35)22-11-9-20(10-12-22)19(2)31/h4-12H,13-17H2,1-3H3,(H,26,32). The highest BCUT2D eigenvalue weighted by Gasteiger charge is 2.29. The van der Waals surface area contributed by atoms with E-state index < -0.39 is 10.0 Å². The van der Waals surface area contributed by atoms with Crippen molar-refractivity contribution in [3.05, 3.63) is 76.2 Å². The Labute approximate surface area is 209 Å². The first-order valence-corrected chi connectivity index (χ1v) is 13.0. The lowest BCUT2D eigenvalue weighted by molar-refractivity contribution is -0.117. The minimum atomic E-state index is -3.70. The summed E-state index contributed by atoms with van der Waals surface area (Å²) in [6, 6.07) is 15.1. The fraction of sp³-hybridized carbons (Fsp3) is 0.320. The average Bonchev–Trinajstić information content (AvgIpc) is 3.07. The number of carbonyl (C=O) groups is 2. The van der Waals surface area contributed by atoms with Gasteiger partial charge in [-0.3, -0.25) is 24.0 Å². The summed E-state index contributed by atoms with van der Waals surface area (Å²) in [6.45, 7) is 4.45. The minimum absolute atomic E-state index is 0.0420. The van der Waals surface area contributed by atoms with Crippen molar-refractivity contribution in [2.45, 2.75) is 18.7 Å². The molecule has 1 aliphatic heterocycles. The molecule has 3 aromatic rings. The summed E-state index contributed by atoms with van der Waals surface area (Å²) in [4.78, 5) is 39.2. The van der Waals surface area contributed by atoms with Gasteiger partial charge in [-0.25, -0.2) is 13.1 Å². The number of benzene rings is 2. The fourth-order valence-corrected chi connectivity index (χ4v) is 5.66. The number of nitrogens with one attached hydrogen (secondary N) is 1. The van der Waals surface area contributed by atoms with Gasteiger partial charge in [-0.05, 0) is 38.1 Å². The number of para-hydroxylation sites is 1. The number of anilines is 1. The highest BCUT2D eigenvalue weighted by Crippen LogP contribution is 2.19. The van der Waals surface area contributed by atoms with Crippen molar-refractivity contribution in [3.63, 3.8) is 0 Å². The molecule has 4 rings (SSSR count). The van der Waals surface area contributed by atoms with E-state index in [9.17, 15) is 22.8 Å². The molecule has 36 heavy (non-hydrogen) atoms. The van der Waals surface area contributed by atoms with Crippen LogP contribution in [0.15, 0.2) is 64.3 Å². The van der Waals surface area contributed by atoms with Crippen LogP contribution in [0.2, 0.25) is 0 Å². The molecule has 1 amide bonds. The molecule has 2 heterocycles. The van der Waals surface area contributed by atoms with Crippen LogP contribution in [0.4, 0.5) is 5.69 Å². The molecule has 0 spiro atoms. The third kappa shape index (κ3) is 5.03. The molecular formula is C25H29N5O5S. The molecule has 0 bridgehead atoms. The van der Waals surface area contributed by atoms with Crippen molar-refractivity contribution in [2.75, 3.05) is 38.0 Å². The van der Waals surface area contributed by atoms with E-state index in [1.807, 2.05) is 35.2 Å². The quantitative estimate of drug-likeness (QED) is 0.483. The van der Waals surface area contributed by atoms with Crippen molar-refractivity contribution in [3.8, 4) is 5.69 Å². The predicted molar refractivity (Wildman–Crippen MR) is 136 cm³/mol. The van der Waals surface area contributed by atoms with E-state index in [0.717, 1.165) is 0 Å². The number of sulfonamides is 1. The number of amides is 1. The number of carbonyl (C=O) groups excluding carboxylic acids is 2. The molecule has 2 aromatic carbocycles. The van der Waals surface area contributed by atoms with E-state index >= 15 is 0 Å². The summed E-state index contributed by atoms with van der Waals surface area (Å²) in [7, 11) is -1.94. The SMILES string of the molecule is CC(=O)c1ccc(S(=O)(=O)N2CCN(CC(=O)Nc3c(C)n(C)n(-c4ccccc4)c3=O)CC2)cc1. The topological polar surface area (TPSA) is 114 Å². The highest BCUT2D eigenvalue weighted by atomic mass is 32.2. The van der Waals surface area contributed by atoms with Gasteiger partial charge in [0.05, 0.1) is 22.8 Å². The second-order valence-electron chi connectivity index (χ2n) is 8.75. The van der Waals surface area contributed by atoms with Crippen LogP contribution in [0.1, 0.15) is 23.0 Å². The number of Topliss-reactive ketones (excluding diaryl/α,β-unsaturated/α-hetero) is 1. The van der Waals surface area contributed by atoms with Gasteiger partial charge in [0.1, 0.15) is 5.69 Å². The van der Waals surface area contributed by atoms with Crippen LogP contribution in [0, 0.1) is 6.92 Å². The van der Waals surface area contributed by atoms with Gasteiger partial charge >= 0.3 is 0 Å². The first kappa shape index (κ1) is 25.5. The third-order valence-corrected chi connectivity index (χ3v) is 8.33. The van der Waals surface area contributed by atoms with Crippen LogP contribution >= 0.6 is 0 Å². The fourth-order valence-electron chi connectivity index (χ4n) is 4.23. The zero-order valence-electron chi connectivity index (χ0n) is 20.5. The van der Waals surface area contributed by atoms with Gasteiger partial charge in [-0.1, -0.05) is 30.3 Å². The van der Waals surface area contributed by atoms with Crippen LogP contribution in [0.25, 0.3) is 5.69 Å². The van der Waals surface area contributed by atoms with E-state index in [4.69, 9.17) is 0 Å². The lowest BCUT2D eigenvalue weighted by Gasteiger charge is -2.33. The molecule has 0 atom stereocenters. The van der Waals surface area contributed by atoms with Crippen LogP contribution in [0.5, 0.6) is 0 Å². The average molecular weight is 512 g/mol. The maximum atomic E-state index is 13.0. The Balaban J connectivity index is 1.38. The lowest BCUT2D eigenvalue weighted by atomic mass is 10.2. The zero-order chi connectivity index (χ0) is 26.0. The first-order chi connectivity index (χ1) is 17.1. The summed E-state index contributed by atoms with van der Waals surface area (Å²) in [5.41, 5.74) is 1.68. The van der Waals surface area contributed by atoms with Crippen molar-refractivity contribution in [2.24, 2.45) is 7.05 Å². The zero-order valence-corrected chi connectivity index (χ0v) is 21.3. The molecule has 1 fully saturated rings. The molecule has 1 aliphatic rings. The van der Waals surface area contributed by atoms with E-state index in [2.05, 4.69) is 5.32 Å². The van der Waals surface area contributed by atoms with Crippen LogP contribution in [-0.2, 0) is 21.9 Å². The smallest absolute Gasteiger partial charge is 0.295 e. The molecule has 0 unspecified atom stereocenters. The summed E-state index contributed by atoms with van der Waals surface area (Å²) >= 11 is 0. The number of piperazine rings is 1. The monoisotopic (exact) mass is 511 g/mol. The Hall–Kier alpha value is -3.54. The van der Waals surface area contributed by atoms with Crippen LogP contribution < -0.4 is 10.9 Å². The molecule has 10 nitrogen and oxygen atoms in total. The van der Waals surface area contributed by atoms with Gasteiger partial charge in [0.2, 0.25) is 15.9 Å². The molecule has 0 saturated carbocycles. The Bertz CT molecular complexity index is 1430. The first-order valence-electron chi connectivity index (χ1n) is 11.6. The number of hydrogen-bond acceptors (Lipinski definition) is 6. The van der Waals surface area contributed by atoms with Gasteiger partial charge < -0.3 is 5.32 Å². The lowest BCUT2D eigenvalue weighted by Crippen LogP contribution is -2.50. The summed E-state index contributed by atoms with van der Waals surface area (Å²) in [5, 5.41) is 2.74. The molecule has 11 heteroatoms.